The molecule has 1 amide bonds. The van der Waals surface area contributed by atoms with Crippen molar-refractivity contribution in [3.8, 4) is 0 Å². The lowest BCUT2D eigenvalue weighted by Gasteiger charge is -2.34. The molecule has 1 aromatic carbocycles. The summed E-state index contributed by atoms with van der Waals surface area (Å²) >= 11 is 0. The van der Waals surface area contributed by atoms with Gasteiger partial charge in [0, 0.05) is 26.2 Å². The normalized spacial score (nSPS) is 16.5. The summed E-state index contributed by atoms with van der Waals surface area (Å²) in [4.78, 5) is 16.8. The molecule has 1 aliphatic heterocycles. The van der Waals surface area contributed by atoms with Gasteiger partial charge in [-0.05, 0) is 49.6 Å². The van der Waals surface area contributed by atoms with Crippen molar-refractivity contribution in [2.75, 3.05) is 32.7 Å². The Balaban J connectivity index is 2.00. The minimum atomic E-state index is 0.270. The summed E-state index contributed by atoms with van der Waals surface area (Å²) in [5.41, 5.74) is 4.98. The molecular weight excluding hydrogens is 248 g/mol. The Bertz CT molecular complexity index is 488. The number of hydrogen-bond acceptors (Lipinski definition) is 2. The van der Waals surface area contributed by atoms with Crippen LogP contribution in [0.5, 0.6) is 0 Å². The molecule has 1 aliphatic rings. The van der Waals surface area contributed by atoms with Gasteiger partial charge in [0.15, 0.2) is 0 Å². The van der Waals surface area contributed by atoms with Gasteiger partial charge in [-0.15, -0.1) is 0 Å². The van der Waals surface area contributed by atoms with Crippen LogP contribution in [-0.2, 0) is 11.2 Å². The predicted molar refractivity (Wildman–Crippen MR) is 83.1 cm³/mol. The SMILES string of the molecule is CCN1CCN(C(=O)Cc2cc(C)c(C)cc2C)CC1. The van der Waals surface area contributed by atoms with E-state index < -0.39 is 0 Å². The molecule has 20 heavy (non-hydrogen) atoms. The summed E-state index contributed by atoms with van der Waals surface area (Å²) in [6.07, 6.45) is 0.541. The molecular formula is C17H26N2O. The number of likely N-dealkylation sites (N-methyl/N-ethyl adjacent to an activating group) is 1. The topological polar surface area (TPSA) is 23.6 Å². The standard InChI is InChI=1S/C17H26N2O/c1-5-18-6-8-19(9-7-18)17(20)12-16-11-14(3)13(2)10-15(16)4/h10-11H,5-9,12H2,1-4H3. The van der Waals surface area contributed by atoms with Crippen LogP contribution in [0.2, 0.25) is 0 Å². The minimum Gasteiger partial charge on any atom is -0.340 e. The third kappa shape index (κ3) is 3.40. The minimum absolute atomic E-state index is 0.270. The van der Waals surface area contributed by atoms with Crippen LogP contribution in [0.25, 0.3) is 0 Å². The van der Waals surface area contributed by atoms with E-state index in [-0.39, 0.29) is 5.91 Å². The summed E-state index contributed by atoms with van der Waals surface area (Å²) in [6, 6.07) is 4.36. The first kappa shape index (κ1) is 15.0. The summed E-state index contributed by atoms with van der Waals surface area (Å²) in [6.45, 7) is 13.4. The quantitative estimate of drug-likeness (QED) is 0.844. The van der Waals surface area contributed by atoms with E-state index in [1.165, 1.54) is 22.3 Å². The second-order valence-electron chi connectivity index (χ2n) is 5.85. The van der Waals surface area contributed by atoms with E-state index in [0.29, 0.717) is 6.42 Å². The van der Waals surface area contributed by atoms with Crippen molar-refractivity contribution in [2.24, 2.45) is 0 Å². The van der Waals surface area contributed by atoms with Crippen LogP contribution in [0.4, 0.5) is 0 Å². The fraction of sp³-hybridized carbons (Fsp3) is 0.588. The lowest BCUT2D eigenvalue weighted by atomic mass is 9.98. The van der Waals surface area contributed by atoms with Gasteiger partial charge < -0.3 is 9.80 Å². The number of carbonyl (C=O) groups excluding carboxylic acids is 1. The Morgan fingerprint density at radius 3 is 2.20 bits per heavy atom. The van der Waals surface area contributed by atoms with Gasteiger partial charge in [-0.2, -0.15) is 0 Å². The molecule has 0 aromatic heterocycles. The van der Waals surface area contributed by atoms with E-state index in [9.17, 15) is 4.79 Å². The number of piperazine rings is 1. The maximum absolute atomic E-state index is 12.4. The molecule has 0 bridgehead atoms. The molecule has 0 radical (unpaired) electrons. The lowest BCUT2D eigenvalue weighted by molar-refractivity contribution is -0.132. The third-order valence-corrected chi connectivity index (χ3v) is 4.47. The highest BCUT2D eigenvalue weighted by Crippen LogP contribution is 2.17. The number of nitrogens with zero attached hydrogens (tertiary/aromatic N) is 2. The van der Waals surface area contributed by atoms with Gasteiger partial charge >= 0.3 is 0 Å². The first-order chi connectivity index (χ1) is 9.51. The van der Waals surface area contributed by atoms with E-state index in [2.05, 4.69) is 44.7 Å². The summed E-state index contributed by atoms with van der Waals surface area (Å²) in [5.74, 6) is 0.270. The van der Waals surface area contributed by atoms with E-state index >= 15 is 0 Å². The molecule has 1 saturated heterocycles. The van der Waals surface area contributed by atoms with Crippen LogP contribution in [0.3, 0.4) is 0 Å². The van der Waals surface area contributed by atoms with Crippen molar-refractivity contribution in [1.29, 1.82) is 0 Å². The van der Waals surface area contributed by atoms with Gasteiger partial charge in [-0.3, -0.25) is 4.79 Å². The Morgan fingerprint density at radius 1 is 1.00 bits per heavy atom. The van der Waals surface area contributed by atoms with Crippen molar-refractivity contribution in [2.45, 2.75) is 34.1 Å². The molecule has 110 valence electrons. The zero-order valence-electron chi connectivity index (χ0n) is 13.2. The van der Waals surface area contributed by atoms with Crippen LogP contribution in [0.15, 0.2) is 12.1 Å². The van der Waals surface area contributed by atoms with Crippen LogP contribution in [-0.4, -0.2) is 48.4 Å². The summed E-state index contributed by atoms with van der Waals surface area (Å²) in [7, 11) is 0. The Kier molecular flexibility index (Phi) is 4.81. The largest absolute Gasteiger partial charge is 0.340 e. The summed E-state index contributed by atoms with van der Waals surface area (Å²) < 4.78 is 0. The third-order valence-electron chi connectivity index (χ3n) is 4.47. The van der Waals surface area contributed by atoms with Crippen LogP contribution < -0.4 is 0 Å². The van der Waals surface area contributed by atoms with E-state index in [1.807, 2.05) is 4.90 Å². The Morgan fingerprint density at radius 2 is 1.60 bits per heavy atom. The molecule has 2 rings (SSSR count). The fourth-order valence-corrected chi connectivity index (χ4v) is 2.80. The second-order valence-corrected chi connectivity index (χ2v) is 5.85. The Labute approximate surface area is 122 Å². The van der Waals surface area contributed by atoms with Gasteiger partial charge in [-0.25, -0.2) is 0 Å². The maximum Gasteiger partial charge on any atom is 0.227 e. The highest BCUT2D eigenvalue weighted by molar-refractivity contribution is 5.79. The zero-order chi connectivity index (χ0) is 14.7. The van der Waals surface area contributed by atoms with Gasteiger partial charge in [0.2, 0.25) is 5.91 Å². The molecule has 1 heterocycles. The van der Waals surface area contributed by atoms with Gasteiger partial charge in [0.05, 0.1) is 6.42 Å². The molecule has 1 aromatic rings. The van der Waals surface area contributed by atoms with Gasteiger partial charge in [0.25, 0.3) is 0 Å². The van der Waals surface area contributed by atoms with Crippen molar-refractivity contribution in [3.63, 3.8) is 0 Å². The summed E-state index contributed by atoms with van der Waals surface area (Å²) in [5, 5.41) is 0. The first-order valence-corrected chi connectivity index (χ1v) is 7.58. The predicted octanol–water partition coefficient (Wildman–Crippen LogP) is 2.32. The monoisotopic (exact) mass is 274 g/mol. The van der Waals surface area contributed by atoms with Gasteiger partial charge in [-0.1, -0.05) is 19.1 Å². The molecule has 0 N–H and O–H groups in total. The average molecular weight is 274 g/mol. The van der Waals surface area contributed by atoms with Crippen molar-refractivity contribution in [1.82, 2.24) is 9.80 Å². The van der Waals surface area contributed by atoms with E-state index in [1.54, 1.807) is 0 Å². The van der Waals surface area contributed by atoms with Crippen molar-refractivity contribution in [3.05, 3.63) is 34.4 Å². The van der Waals surface area contributed by atoms with E-state index in [4.69, 9.17) is 0 Å². The Hall–Kier alpha value is -1.35. The maximum atomic E-state index is 12.4. The van der Waals surface area contributed by atoms with E-state index in [0.717, 1.165) is 32.7 Å². The number of aryl methyl sites for hydroxylation is 3. The van der Waals surface area contributed by atoms with Crippen LogP contribution in [0.1, 0.15) is 29.2 Å². The molecule has 1 fully saturated rings. The number of benzene rings is 1. The highest BCUT2D eigenvalue weighted by Gasteiger charge is 2.20. The number of rotatable bonds is 3. The van der Waals surface area contributed by atoms with Crippen molar-refractivity contribution >= 4 is 5.91 Å². The molecule has 0 atom stereocenters. The van der Waals surface area contributed by atoms with Crippen LogP contribution >= 0.6 is 0 Å². The molecule has 0 spiro atoms. The molecule has 0 unspecified atom stereocenters. The molecule has 3 nitrogen and oxygen atoms in total. The number of amides is 1. The average Bonchev–Trinajstić information content (AvgIpc) is 2.44. The van der Waals surface area contributed by atoms with Crippen molar-refractivity contribution < 1.29 is 4.79 Å². The highest BCUT2D eigenvalue weighted by atomic mass is 16.2. The molecule has 3 heteroatoms. The molecule has 0 aliphatic carbocycles. The number of hydrogen-bond donors (Lipinski definition) is 0. The first-order valence-electron chi connectivity index (χ1n) is 7.58. The van der Waals surface area contributed by atoms with Crippen LogP contribution in [0, 0.1) is 20.8 Å². The lowest BCUT2D eigenvalue weighted by Crippen LogP contribution is -2.48. The fourth-order valence-electron chi connectivity index (χ4n) is 2.80. The zero-order valence-corrected chi connectivity index (χ0v) is 13.2. The molecule has 0 saturated carbocycles. The second kappa shape index (κ2) is 6.40. The number of carbonyl (C=O) groups is 1. The van der Waals surface area contributed by atoms with Gasteiger partial charge in [0.1, 0.15) is 0 Å². The smallest absolute Gasteiger partial charge is 0.227 e.